The van der Waals surface area contributed by atoms with Crippen LogP contribution < -0.4 is 5.32 Å². The molecule has 2 aromatic rings. The lowest BCUT2D eigenvalue weighted by atomic mass is 9.98. The van der Waals surface area contributed by atoms with E-state index in [0.29, 0.717) is 19.4 Å². The standard InChI is InChI=1S/C27H30N2O5/c1-2-7-18(12-24(30)29-14-17-13-27(17,16-29)25(31)32)28-26(33)34-15-23-21-10-5-3-8-19(21)20-9-4-6-11-22(20)23/h3-6,8-11,17-18,23H,2,7,12-16H2,1H3,(H,28,33)(H,31,32)/t17?,18-,27?/m0/s1. The molecule has 0 bridgehead atoms. The maximum absolute atomic E-state index is 12.8. The van der Waals surface area contributed by atoms with E-state index in [2.05, 4.69) is 29.6 Å². The van der Waals surface area contributed by atoms with Crippen LogP contribution in [0.5, 0.6) is 0 Å². The number of aliphatic carboxylic acids is 1. The Kier molecular flexibility index (Phi) is 5.80. The molecule has 3 aliphatic rings. The van der Waals surface area contributed by atoms with Gasteiger partial charge in [0.25, 0.3) is 0 Å². The summed E-state index contributed by atoms with van der Waals surface area (Å²) in [4.78, 5) is 38.7. The number of fused-ring (bicyclic) bond motifs is 4. The number of benzene rings is 2. The van der Waals surface area contributed by atoms with Gasteiger partial charge in [0.05, 0.1) is 5.41 Å². The minimum atomic E-state index is -0.810. The minimum Gasteiger partial charge on any atom is -0.481 e. The van der Waals surface area contributed by atoms with Crippen LogP contribution in [0.25, 0.3) is 11.1 Å². The highest BCUT2D eigenvalue weighted by atomic mass is 16.5. The number of hydrogen-bond donors (Lipinski definition) is 2. The summed E-state index contributed by atoms with van der Waals surface area (Å²) < 4.78 is 5.64. The molecule has 2 unspecified atom stereocenters. The molecule has 1 aliphatic heterocycles. The third kappa shape index (κ3) is 3.93. The van der Waals surface area contributed by atoms with Crippen molar-refractivity contribution in [3.8, 4) is 11.1 Å². The Morgan fingerprint density at radius 1 is 1.12 bits per heavy atom. The zero-order valence-corrected chi connectivity index (χ0v) is 19.3. The molecule has 2 amide bonds. The zero-order chi connectivity index (χ0) is 23.9. The molecule has 34 heavy (non-hydrogen) atoms. The lowest BCUT2D eigenvalue weighted by Crippen LogP contribution is -2.41. The van der Waals surface area contributed by atoms with E-state index in [0.717, 1.165) is 17.5 Å². The van der Waals surface area contributed by atoms with Gasteiger partial charge in [0, 0.05) is 31.5 Å². The fraction of sp³-hybridized carbons (Fsp3) is 0.444. The largest absolute Gasteiger partial charge is 0.481 e. The van der Waals surface area contributed by atoms with Gasteiger partial charge in [-0.3, -0.25) is 9.59 Å². The molecule has 3 atom stereocenters. The number of carbonyl (C=O) groups excluding carboxylic acids is 2. The number of rotatable bonds is 8. The molecule has 2 fully saturated rings. The van der Waals surface area contributed by atoms with Crippen molar-refractivity contribution in [1.29, 1.82) is 0 Å². The Labute approximate surface area is 199 Å². The topological polar surface area (TPSA) is 95.9 Å². The fourth-order valence-corrected chi connectivity index (χ4v) is 5.72. The maximum Gasteiger partial charge on any atom is 0.407 e. The highest BCUT2D eigenvalue weighted by molar-refractivity contribution is 5.84. The number of nitrogens with one attached hydrogen (secondary N) is 1. The molecule has 5 rings (SSSR count). The first-order chi connectivity index (χ1) is 16.4. The Hall–Kier alpha value is -3.35. The number of amides is 2. The van der Waals surface area contributed by atoms with Crippen LogP contribution in [0.3, 0.4) is 0 Å². The summed E-state index contributed by atoms with van der Waals surface area (Å²) in [5.74, 6) is -0.874. The molecule has 7 heteroatoms. The summed E-state index contributed by atoms with van der Waals surface area (Å²) in [6.45, 7) is 2.99. The summed E-state index contributed by atoms with van der Waals surface area (Å²) in [5, 5.41) is 12.3. The third-order valence-corrected chi connectivity index (χ3v) is 7.65. The van der Waals surface area contributed by atoms with Gasteiger partial charge in [-0.2, -0.15) is 0 Å². The van der Waals surface area contributed by atoms with E-state index >= 15 is 0 Å². The molecule has 1 saturated heterocycles. The van der Waals surface area contributed by atoms with Gasteiger partial charge in [0.2, 0.25) is 5.91 Å². The second-order valence-corrected chi connectivity index (χ2v) is 9.80. The Balaban J connectivity index is 1.18. The highest BCUT2D eigenvalue weighted by Crippen LogP contribution is 2.58. The molecule has 0 spiro atoms. The van der Waals surface area contributed by atoms with Crippen LogP contribution in [-0.2, 0) is 14.3 Å². The average molecular weight is 463 g/mol. The SMILES string of the molecule is CCC[C@@H](CC(=O)N1CC2CC2(C(=O)O)C1)NC(=O)OCC1c2ccccc2-c2ccccc21. The maximum atomic E-state index is 12.8. The molecule has 2 aromatic carbocycles. The van der Waals surface area contributed by atoms with Crippen molar-refractivity contribution in [2.45, 2.75) is 44.6 Å². The van der Waals surface area contributed by atoms with E-state index < -0.39 is 17.5 Å². The first-order valence-corrected chi connectivity index (χ1v) is 12.1. The quantitative estimate of drug-likeness (QED) is 0.618. The normalized spacial score (nSPS) is 23.0. The van der Waals surface area contributed by atoms with Crippen molar-refractivity contribution in [3.05, 3.63) is 59.7 Å². The first-order valence-electron chi connectivity index (χ1n) is 12.1. The molecule has 1 heterocycles. The van der Waals surface area contributed by atoms with E-state index in [1.807, 2.05) is 31.2 Å². The molecule has 2 N–H and O–H groups in total. The Morgan fingerprint density at radius 3 is 2.35 bits per heavy atom. The van der Waals surface area contributed by atoms with E-state index in [4.69, 9.17) is 4.74 Å². The number of nitrogens with zero attached hydrogens (tertiary/aromatic N) is 1. The summed E-state index contributed by atoms with van der Waals surface area (Å²) in [6.07, 6.45) is 1.74. The lowest BCUT2D eigenvalue weighted by Gasteiger charge is -2.24. The summed E-state index contributed by atoms with van der Waals surface area (Å²) in [7, 11) is 0. The van der Waals surface area contributed by atoms with Crippen molar-refractivity contribution in [2.75, 3.05) is 19.7 Å². The van der Waals surface area contributed by atoms with Crippen LogP contribution in [0.4, 0.5) is 4.79 Å². The summed E-state index contributed by atoms with van der Waals surface area (Å²) in [6, 6.07) is 16.0. The minimum absolute atomic E-state index is 0.0204. The average Bonchev–Trinajstić information content (AvgIpc) is 3.25. The number of hydrogen-bond acceptors (Lipinski definition) is 4. The third-order valence-electron chi connectivity index (χ3n) is 7.65. The number of piperidine rings is 1. The molecular formula is C27H30N2O5. The summed E-state index contributed by atoms with van der Waals surface area (Å²) >= 11 is 0. The van der Waals surface area contributed by atoms with Crippen molar-refractivity contribution in [3.63, 3.8) is 0 Å². The van der Waals surface area contributed by atoms with Gasteiger partial charge >= 0.3 is 12.1 Å². The van der Waals surface area contributed by atoms with Crippen molar-refractivity contribution in [2.24, 2.45) is 11.3 Å². The second kappa shape index (κ2) is 8.78. The molecule has 0 aromatic heterocycles. The van der Waals surface area contributed by atoms with Crippen LogP contribution >= 0.6 is 0 Å². The van der Waals surface area contributed by atoms with Gasteiger partial charge in [-0.05, 0) is 41.0 Å². The molecule has 1 saturated carbocycles. The van der Waals surface area contributed by atoms with Gasteiger partial charge in [-0.15, -0.1) is 0 Å². The predicted molar refractivity (Wildman–Crippen MR) is 126 cm³/mol. The summed E-state index contributed by atoms with van der Waals surface area (Å²) in [5.41, 5.74) is 3.90. The van der Waals surface area contributed by atoms with Gasteiger partial charge in [-0.25, -0.2) is 4.79 Å². The van der Waals surface area contributed by atoms with Crippen LogP contribution in [0, 0.1) is 11.3 Å². The van der Waals surface area contributed by atoms with E-state index in [9.17, 15) is 19.5 Å². The molecule has 7 nitrogen and oxygen atoms in total. The number of carboxylic acids is 1. The lowest BCUT2D eigenvalue weighted by molar-refractivity contribution is -0.144. The second-order valence-electron chi connectivity index (χ2n) is 9.80. The van der Waals surface area contributed by atoms with Crippen molar-refractivity contribution >= 4 is 18.0 Å². The Bertz CT molecular complexity index is 1090. The van der Waals surface area contributed by atoms with E-state index in [1.165, 1.54) is 11.1 Å². The van der Waals surface area contributed by atoms with Crippen LogP contribution in [-0.4, -0.2) is 53.7 Å². The van der Waals surface area contributed by atoms with Crippen LogP contribution in [0.15, 0.2) is 48.5 Å². The van der Waals surface area contributed by atoms with Crippen molar-refractivity contribution < 1.29 is 24.2 Å². The van der Waals surface area contributed by atoms with Gasteiger partial charge in [0.1, 0.15) is 6.61 Å². The fourth-order valence-electron chi connectivity index (χ4n) is 5.72. The smallest absolute Gasteiger partial charge is 0.407 e. The molecule has 2 aliphatic carbocycles. The molecular weight excluding hydrogens is 432 g/mol. The number of carboxylic acid groups (broad SMARTS) is 1. The van der Waals surface area contributed by atoms with Crippen molar-refractivity contribution in [1.82, 2.24) is 10.2 Å². The van der Waals surface area contributed by atoms with Crippen LogP contribution in [0.1, 0.15) is 49.7 Å². The highest BCUT2D eigenvalue weighted by Gasteiger charge is 2.66. The first kappa shape index (κ1) is 22.4. The molecule has 0 radical (unpaired) electrons. The Morgan fingerprint density at radius 2 is 1.76 bits per heavy atom. The number of likely N-dealkylation sites (tertiary alicyclic amines) is 1. The van der Waals surface area contributed by atoms with E-state index in [-0.39, 0.29) is 43.4 Å². The number of carbonyl (C=O) groups is 3. The zero-order valence-electron chi connectivity index (χ0n) is 19.3. The molecule has 178 valence electrons. The van der Waals surface area contributed by atoms with Gasteiger partial charge in [0.15, 0.2) is 0 Å². The van der Waals surface area contributed by atoms with Crippen LogP contribution in [0.2, 0.25) is 0 Å². The predicted octanol–water partition coefficient (Wildman–Crippen LogP) is 4.02. The monoisotopic (exact) mass is 462 g/mol. The number of alkyl carbamates (subject to hydrolysis) is 1. The van der Waals surface area contributed by atoms with Gasteiger partial charge in [-0.1, -0.05) is 61.9 Å². The number of ether oxygens (including phenoxy) is 1. The van der Waals surface area contributed by atoms with E-state index in [1.54, 1.807) is 4.90 Å². The van der Waals surface area contributed by atoms with Gasteiger partial charge < -0.3 is 20.1 Å².